The molecule has 1 saturated carbocycles. The average molecular weight is 513 g/mol. The molecule has 2 aromatic carbocycles. The summed E-state index contributed by atoms with van der Waals surface area (Å²) in [6.45, 7) is 8.30. The van der Waals surface area contributed by atoms with Crippen LogP contribution in [0.4, 0.5) is 18.7 Å². The van der Waals surface area contributed by atoms with Crippen LogP contribution in [0.2, 0.25) is 0 Å². The lowest BCUT2D eigenvalue weighted by Gasteiger charge is -2.58. The normalized spacial score (nSPS) is 24.1. The third-order valence-electron chi connectivity index (χ3n) is 7.78. The zero-order valence-electron chi connectivity index (χ0n) is 20.5. The van der Waals surface area contributed by atoms with E-state index in [0.717, 1.165) is 38.5 Å². The van der Waals surface area contributed by atoms with Crippen molar-refractivity contribution in [3.63, 3.8) is 0 Å². The fourth-order valence-corrected chi connectivity index (χ4v) is 7.18. The molecule has 36 heavy (non-hydrogen) atoms. The fraction of sp³-hybridized carbons (Fsp3) is 0.481. The molecule has 1 aromatic heterocycles. The van der Waals surface area contributed by atoms with Gasteiger partial charge in [0.1, 0.15) is 6.10 Å². The Morgan fingerprint density at radius 3 is 2.44 bits per heavy atom. The van der Waals surface area contributed by atoms with Crippen molar-refractivity contribution in [2.24, 2.45) is 5.41 Å². The summed E-state index contributed by atoms with van der Waals surface area (Å²) in [5.41, 5.74) is 2.09. The Kier molecular flexibility index (Phi) is 5.87. The largest absolute Gasteiger partial charge is 0.446 e. The van der Waals surface area contributed by atoms with Crippen molar-refractivity contribution in [1.82, 2.24) is 14.8 Å². The van der Waals surface area contributed by atoms with Crippen LogP contribution in [0.1, 0.15) is 32.3 Å². The van der Waals surface area contributed by atoms with Crippen LogP contribution >= 0.6 is 11.3 Å². The van der Waals surface area contributed by atoms with Crippen LogP contribution in [0.3, 0.4) is 0 Å². The molecule has 1 spiro atoms. The number of hydrogen-bond acceptors (Lipinski definition) is 6. The van der Waals surface area contributed by atoms with E-state index in [0.29, 0.717) is 33.9 Å². The number of rotatable bonds is 4. The third kappa shape index (κ3) is 4.32. The van der Waals surface area contributed by atoms with Crippen molar-refractivity contribution >= 4 is 32.8 Å². The topological polar surface area (TPSA) is 48.9 Å². The van der Waals surface area contributed by atoms with E-state index in [-0.39, 0.29) is 24.3 Å². The van der Waals surface area contributed by atoms with Crippen molar-refractivity contribution in [1.29, 1.82) is 0 Å². The Morgan fingerprint density at radius 1 is 1.08 bits per heavy atom. The first kappa shape index (κ1) is 23.6. The minimum atomic E-state index is -0.891. The smallest absolute Gasteiger partial charge is 0.410 e. The quantitative estimate of drug-likeness (QED) is 0.477. The Balaban J connectivity index is 1.01. The summed E-state index contributed by atoms with van der Waals surface area (Å²) < 4.78 is 33.7. The van der Waals surface area contributed by atoms with Crippen LogP contribution in [-0.4, -0.2) is 65.2 Å². The van der Waals surface area contributed by atoms with E-state index in [9.17, 15) is 13.6 Å². The second kappa shape index (κ2) is 8.95. The van der Waals surface area contributed by atoms with Gasteiger partial charge in [-0.2, -0.15) is 0 Å². The monoisotopic (exact) mass is 512 g/mol. The van der Waals surface area contributed by atoms with Gasteiger partial charge in [0.2, 0.25) is 0 Å². The molecular formula is C27H30F2N4O2S. The van der Waals surface area contributed by atoms with E-state index >= 15 is 0 Å². The first-order chi connectivity index (χ1) is 17.3. The number of amides is 1. The zero-order valence-corrected chi connectivity index (χ0v) is 21.3. The summed E-state index contributed by atoms with van der Waals surface area (Å²) in [6, 6.07) is 12.7. The number of likely N-dealkylation sites (tertiary alicyclic amines) is 1. The van der Waals surface area contributed by atoms with Gasteiger partial charge in [-0.25, -0.2) is 18.6 Å². The predicted octanol–water partition coefficient (Wildman–Crippen LogP) is 5.27. The molecule has 0 bridgehead atoms. The second-order valence-corrected chi connectivity index (χ2v) is 11.8. The predicted molar refractivity (Wildman–Crippen MR) is 136 cm³/mol. The van der Waals surface area contributed by atoms with Crippen LogP contribution in [0.5, 0.6) is 0 Å². The highest BCUT2D eigenvalue weighted by molar-refractivity contribution is 7.22. The first-order valence-electron chi connectivity index (χ1n) is 12.5. The van der Waals surface area contributed by atoms with Crippen LogP contribution in [0.25, 0.3) is 10.2 Å². The SMILES string of the molecule is C[C@@H]1CN(c2nc3cc(F)c(F)cc3s2)C[C@@H](C)N1C(=O)OC1CC2(C1)CN(Cc1ccccc1)C2. The molecule has 6 rings (SSSR count). The molecule has 2 atom stereocenters. The number of hydrogen-bond donors (Lipinski definition) is 0. The molecule has 0 unspecified atom stereocenters. The fourth-order valence-electron chi connectivity index (χ4n) is 6.19. The molecule has 190 valence electrons. The van der Waals surface area contributed by atoms with Crippen molar-refractivity contribution in [2.45, 2.75) is 51.4 Å². The van der Waals surface area contributed by atoms with Crippen molar-refractivity contribution in [2.75, 3.05) is 31.1 Å². The Hall–Kier alpha value is -2.78. The number of fused-ring (bicyclic) bond motifs is 1. The van der Waals surface area contributed by atoms with E-state index in [2.05, 4.69) is 39.0 Å². The molecule has 3 fully saturated rings. The summed E-state index contributed by atoms with van der Waals surface area (Å²) in [5, 5.41) is 0.715. The standard InChI is InChI=1S/C27H30F2N4O2S/c1-17-12-32(25-30-23-8-21(28)22(29)9-24(23)36-25)13-18(2)33(17)26(34)35-20-10-27(11-20)15-31(16-27)14-19-6-4-3-5-7-19/h3-9,17-18,20H,10-16H2,1-2H3/t17-,18-/m1/s1. The van der Waals surface area contributed by atoms with Gasteiger partial charge in [0.15, 0.2) is 16.8 Å². The number of carbonyl (C=O) groups excluding carboxylic acids is 1. The Morgan fingerprint density at radius 2 is 1.75 bits per heavy atom. The molecule has 6 nitrogen and oxygen atoms in total. The van der Waals surface area contributed by atoms with E-state index < -0.39 is 11.6 Å². The highest BCUT2D eigenvalue weighted by Crippen LogP contribution is 2.50. The van der Waals surface area contributed by atoms with Crippen molar-refractivity contribution < 1.29 is 18.3 Å². The number of nitrogens with zero attached hydrogens (tertiary/aromatic N) is 4. The molecule has 1 aliphatic carbocycles. The number of anilines is 1. The molecular weight excluding hydrogens is 482 g/mol. The summed E-state index contributed by atoms with van der Waals surface area (Å²) >= 11 is 1.34. The molecule has 1 amide bonds. The van der Waals surface area contributed by atoms with Crippen LogP contribution in [0.15, 0.2) is 42.5 Å². The maximum Gasteiger partial charge on any atom is 0.410 e. The van der Waals surface area contributed by atoms with Crippen LogP contribution < -0.4 is 4.90 Å². The maximum absolute atomic E-state index is 13.6. The number of thiazole rings is 1. The van der Waals surface area contributed by atoms with Gasteiger partial charge in [0, 0.05) is 44.2 Å². The second-order valence-electron chi connectivity index (χ2n) is 10.8. The molecule has 0 N–H and O–H groups in total. The Labute approximate surface area is 213 Å². The zero-order chi connectivity index (χ0) is 25.0. The van der Waals surface area contributed by atoms with Gasteiger partial charge in [-0.15, -0.1) is 0 Å². The molecule has 2 saturated heterocycles. The first-order valence-corrected chi connectivity index (χ1v) is 13.4. The molecule has 0 radical (unpaired) electrons. The number of benzene rings is 2. The molecule has 3 aromatic rings. The van der Waals surface area contributed by atoms with Gasteiger partial charge in [-0.05, 0) is 38.3 Å². The molecule has 3 aliphatic rings. The highest BCUT2D eigenvalue weighted by atomic mass is 32.1. The van der Waals surface area contributed by atoms with Crippen LogP contribution in [0, 0.1) is 17.0 Å². The summed E-state index contributed by atoms with van der Waals surface area (Å²) in [4.78, 5) is 24.0. The van der Waals surface area contributed by atoms with Gasteiger partial charge in [0.25, 0.3) is 0 Å². The third-order valence-corrected chi connectivity index (χ3v) is 8.85. The van der Waals surface area contributed by atoms with Gasteiger partial charge in [-0.3, -0.25) is 9.80 Å². The summed E-state index contributed by atoms with van der Waals surface area (Å²) in [6.07, 6.45) is 1.61. The van der Waals surface area contributed by atoms with E-state index in [1.165, 1.54) is 23.0 Å². The number of ether oxygens (including phenoxy) is 1. The lowest BCUT2D eigenvalue weighted by atomic mass is 9.61. The summed E-state index contributed by atoms with van der Waals surface area (Å²) in [5.74, 6) is -1.76. The van der Waals surface area contributed by atoms with Crippen LogP contribution in [-0.2, 0) is 11.3 Å². The van der Waals surface area contributed by atoms with Crippen molar-refractivity contribution in [3.8, 4) is 0 Å². The minimum absolute atomic E-state index is 0.0112. The highest BCUT2D eigenvalue weighted by Gasteiger charge is 2.54. The lowest BCUT2D eigenvalue weighted by molar-refractivity contribution is -0.137. The number of piperazine rings is 1. The van der Waals surface area contributed by atoms with E-state index in [1.807, 2.05) is 24.8 Å². The van der Waals surface area contributed by atoms with Crippen molar-refractivity contribution in [3.05, 3.63) is 59.7 Å². The van der Waals surface area contributed by atoms with Gasteiger partial charge >= 0.3 is 6.09 Å². The number of carbonyl (C=O) groups is 1. The van der Waals surface area contributed by atoms with Gasteiger partial charge in [0.05, 0.1) is 22.3 Å². The summed E-state index contributed by atoms with van der Waals surface area (Å²) in [7, 11) is 0. The average Bonchev–Trinajstić information content (AvgIpc) is 3.19. The van der Waals surface area contributed by atoms with Gasteiger partial charge in [-0.1, -0.05) is 41.7 Å². The number of aromatic nitrogens is 1. The Bertz CT molecular complexity index is 1220. The van der Waals surface area contributed by atoms with Gasteiger partial charge < -0.3 is 9.64 Å². The maximum atomic E-state index is 13.6. The minimum Gasteiger partial charge on any atom is -0.446 e. The molecule has 9 heteroatoms. The molecule has 3 heterocycles. The number of halogens is 2. The molecule has 2 aliphatic heterocycles. The van der Waals surface area contributed by atoms with E-state index in [1.54, 1.807) is 0 Å². The lowest BCUT2D eigenvalue weighted by Crippen LogP contribution is -2.64. The van der Waals surface area contributed by atoms with E-state index in [4.69, 9.17) is 4.74 Å².